The number of hydrogen-bond acceptors (Lipinski definition) is 2. The summed E-state index contributed by atoms with van der Waals surface area (Å²) >= 11 is 11.3. The SMILES string of the molecule is Fc1ccccc1NC(=S)Nc1cnn(Cc2ccccc2Cl)c1. The Kier molecular flexibility index (Phi) is 5.08. The summed E-state index contributed by atoms with van der Waals surface area (Å²) in [6.45, 7) is 0.550. The van der Waals surface area contributed by atoms with Gasteiger partial charge in [0.15, 0.2) is 5.11 Å². The Balaban J connectivity index is 1.63. The molecule has 0 radical (unpaired) electrons. The molecule has 3 rings (SSSR count). The van der Waals surface area contributed by atoms with Gasteiger partial charge in [0.2, 0.25) is 0 Å². The quantitative estimate of drug-likeness (QED) is 0.671. The van der Waals surface area contributed by atoms with Crippen LogP contribution in [-0.2, 0) is 6.54 Å². The summed E-state index contributed by atoms with van der Waals surface area (Å²) in [5.74, 6) is -0.365. The minimum atomic E-state index is -0.365. The van der Waals surface area contributed by atoms with E-state index < -0.39 is 0 Å². The predicted molar refractivity (Wildman–Crippen MR) is 99.0 cm³/mol. The number of rotatable bonds is 4. The molecule has 0 aliphatic rings. The fraction of sp³-hybridized carbons (Fsp3) is 0.0588. The fourth-order valence-electron chi connectivity index (χ4n) is 2.16. The lowest BCUT2D eigenvalue weighted by atomic mass is 10.2. The fourth-order valence-corrected chi connectivity index (χ4v) is 2.59. The molecule has 0 spiro atoms. The van der Waals surface area contributed by atoms with Crippen LogP contribution in [0.4, 0.5) is 15.8 Å². The Morgan fingerprint density at radius 3 is 2.67 bits per heavy atom. The lowest BCUT2D eigenvalue weighted by Gasteiger charge is -2.09. The highest BCUT2D eigenvalue weighted by Gasteiger charge is 2.06. The number of para-hydroxylation sites is 1. The first-order valence-electron chi connectivity index (χ1n) is 7.20. The van der Waals surface area contributed by atoms with E-state index in [0.717, 1.165) is 5.56 Å². The number of benzene rings is 2. The first kappa shape index (κ1) is 16.4. The molecule has 24 heavy (non-hydrogen) atoms. The summed E-state index contributed by atoms with van der Waals surface area (Å²) in [4.78, 5) is 0. The van der Waals surface area contributed by atoms with Crippen LogP contribution in [0.15, 0.2) is 60.9 Å². The maximum absolute atomic E-state index is 13.6. The highest BCUT2D eigenvalue weighted by Crippen LogP contribution is 2.17. The van der Waals surface area contributed by atoms with Crippen molar-refractivity contribution in [2.45, 2.75) is 6.54 Å². The second kappa shape index (κ2) is 7.42. The number of halogens is 2. The highest BCUT2D eigenvalue weighted by molar-refractivity contribution is 7.80. The van der Waals surface area contributed by atoms with Gasteiger partial charge in [-0.05, 0) is 36.0 Å². The molecule has 0 fully saturated rings. The van der Waals surface area contributed by atoms with Gasteiger partial charge in [-0.2, -0.15) is 5.10 Å². The van der Waals surface area contributed by atoms with Gasteiger partial charge in [0, 0.05) is 11.2 Å². The molecule has 0 saturated carbocycles. The number of nitrogens with one attached hydrogen (secondary N) is 2. The van der Waals surface area contributed by atoms with Crippen molar-refractivity contribution >= 4 is 40.3 Å². The molecule has 0 aliphatic carbocycles. The molecular weight excluding hydrogens is 347 g/mol. The van der Waals surface area contributed by atoms with Gasteiger partial charge in [0.05, 0.1) is 24.1 Å². The van der Waals surface area contributed by atoms with Crippen molar-refractivity contribution in [3.05, 3.63) is 77.3 Å². The van der Waals surface area contributed by atoms with Crippen LogP contribution in [0.2, 0.25) is 5.02 Å². The predicted octanol–water partition coefficient (Wildman–Crippen LogP) is 4.53. The summed E-state index contributed by atoms with van der Waals surface area (Å²) in [7, 11) is 0. The number of hydrogen-bond donors (Lipinski definition) is 2. The Morgan fingerprint density at radius 2 is 1.88 bits per heavy atom. The van der Waals surface area contributed by atoms with Gasteiger partial charge >= 0.3 is 0 Å². The van der Waals surface area contributed by atoms with Gasteiger partial charge < -0.3 is 10.6 Å². The lowest BCUT2D eigenvalue weighted by Crippen LogP contribution is -2.19. The molecule has 0 aliphatic heterocycles. The molecule has 1 aromatic heterocycles. The van der Waals surface area contributed by atoms with Crippen LogP contribution in [0.25, 0.3) is 0 Å². The molecule has 7 heteroatoms. The number of thiocarbonyl (C=S) groups is 1. The first-order chi connectivity index (χ1) is 11.6. The molecule has 4 nitrogen and oxygen atoms in total. The van der Waals surface area contributed by atoms with Crippen molar-refractivity contribution in [3.8, 4) is 0 Å². The Labute approximate surface area is 149 Å². The molecule has 0 bridgehead atoms. The maximum Gasteiger partial charge on any atom is 0.175 e. The van der Waals surface area contributed by atoms with Crippen molar-refractivity contribution in [2.24, 2.45) is 0 Å². The highest BCUT2D eigenvalue weighted by atomic mass is 35.5. The average molecular weight is 361 g/mol. The van der Waals surface area contributed by atoms with Crippen LogP contribution in [-0.4, -0.2) is 14.9 Å². The molecule has 0 saturated heterocycles. The van der Waals surface area contributed by atoms with Crippen LogP contribution in [0.3, 0.4) is 0 Å². The first-order valence-corrected chi connectivity index (χ1v) is 7.99. The summed E-state index contributed by atoms with van der Waals surface area (Å²) in [5.41, 5.74) is 2.00. The Bertz CT molecular complexity index is 865. The average Bonchev–Trinajstić information content (AvgIpc) is 2.99. The van der Waals surface area contributed by atoms with E-state index in [1.54, 1.807) is 35.3 Å². The van der Waals surface area contributed by atoms with Crippen molar-refractivity contribution in [2.75, 3.05) is 10.6 Å². The topological polar surface area (TPSA) is 41.9 Å². The largest absolute Gasteiger partial charge is 0.330 e. The van der Waals surface area contributed by atoms with E-state index in [1.165, 1.54) is 6.07 Å². The zero-order valence-electron chi connectivity index (χ0n) is 12.5. The second-order valence-electron chi connectivity index (χ2n) is 5.08. The molecule has 122 valence electrons. The standard InChI is InChI=1S/C17H14ClFN4S/c18-14-6-2-1-5-12(14)10-23-11-13(9-20-23)21-17(24)22-16-8-4-3-7-15(16)19/h1-9,11H,10H2,(H2,21,22,24). The lowest BCUT2D eigenvalue weighted by molar-refractivity contribution is 0.632. The van der Waals surface area contributed by atoms with Gasteiger partial charge in [-0.25, -0.2) is 4.39 Å². The number of anilines is 2. The summed E-state index contributed by atoms with van der Waals surface area (Å²) < 4.78 is 15.3. The van der Waals surface area contributed by atoms with Gasteiger partial charge in [0.1, 0.15) is 5.82 Å². The molecular formula is C17H14ClFN4S. The summed E-state index contributed by atoms with van der Waals surface area (Å²) in [6.07, 6.45) is 3.45. The third-order valence-electron chi connectivity index (χ3n) is 3.30. The minimum absolute atomic E-state index is 0.289. The second-order valence-corrected chi connectivity index (χ2v) is 5.89. The zero-order chi connectivity index (χ0) is 16.9. The molecule has 3 aromatic rings. The summed E-state index contributed by atoms with van der Waals surface area (Å²) in [6, 6.07) is 13.9. The van der Waals surface area contributed by atoms with E-state index in [2.05, 4.69) is 15.7 Å². The van der Waals surface area contributed by atoms with E-state index in [9.17, 15) is 4.39 Å². The Morgan fingerprint density at radius 1 is 1.12 bits per heavy atom. The summed E-state index contributed by atoms with van der Waals surface area (Å²) in [5, 5.41) is 11.0. The van der Waals surface area contributed by atoms with Crippen LogP contribution in [0.5, 0.6) is 0 Å². The molecule has 2 aromatic carbocycles. The van der Waals surface area contributed by atoms with Crippen LogP contribution in [0, 0.1) is 5.82 Å². The maximum atomic E-state index is 13.6. The van der Waals surface area contributed by atoms with Gasteiger partial charge in [0.25, 0.3) is 0 Å². The normalized spacial score (nSPS) is 10.4. The van der Waals surface area contributed by atoms with Crippen LogP contribution in [0.1, 0.15) is 5.56 Å². The van der Waals surface area contributed by atoms with Crippen molar-refractivity contribution in [1.29, 1.82) is 0 Å². The van der Waals surface area contributed by atoms with E-state index >= 15 is 0 Å². The molecule has 1 heterocycles. The third kappa shape index (κ3) is 4.10. The molecule has 0 atom stereocenters. The molecule has 0 amide bonds. The third-order valence-corrected chi connectivity index (χ3v) is 3.88. The van der Waals surface area contributed by atoms with Gasteiger partial charge in [-0.3, -0.25) is 4.68 Å². The smallest absolute Gasteiger partial charge is 0.175 e. The van der Waals surface area contributed by atoms with Crippen molar-refractivity contribution < 1.29 is 4.39 Å². The van der Waals surface area contributed by atoms with E-state index in [-0.39, 0.29) is 10.9 Å². The zero-order valence-corrected chi connectivity index (χ0v) is 14.1. The van der Waals surface area contributed by atoms with Crippen LogP contribution >= 0.6 is 23.8 Å². The minimum Gasteiger partial charge on any atom is -0.330 e. The Hall–Kier alpha value is -2.44. The van der Waals surface area contributed by atoms with E-state index in [0.29, 0.717) is 22.9 Å². The van der Waals surface area contributed by atoms with E-state index in [4.69, 9.17) is 23.8 Å². The van der Waals surface area contributed by atoms with E-state index in [1.807, 2.05) is 24.3 Å². The molecule has 0 unspecified atom stereocenters. The van der Waals surface area contributed by atoms with Crippen molar-refractivity contribution in [1.82, 2.24) is 9.78 Å². The van der Waals surface area contributed by atoms with Gasteiger partial charge in [-0.1, -0.05) is 41.9 Å². The van der Waals surface area contributed by atoms with Gasteiger partial charge in [-0.15, -0.1) is 0 Å². The van der Waals surface area contributed by atoms with Crippen molar-refractivity contribution in [3.63, 3.8) is 0 Å². The monoisotopic (exact) mass is 360 g/mol. The number of nitrogens with zero attached hydrogens (tertiary/aromatic N) is 2. The molecule has 2 N–H and O–H groups in total. The number of aromatic nitrogens is 2. The van der Waals surface area contributed by atoms with Crippen LogP contribution < -0.4 is 10.6 Å².